The summed E-state index contributed by atoms with van der Waals surface area (Å²) in [5.74, 6) is -0.496. The van der Waals surface area contributed by atoms with E-state index in [2.05, 4.69) is 36.0 Å². The fraction of sp³-hybridized carbons (Fsp3) is 0.294. The molecule has 126 valence electrons. The quantitative estimate of drug-likeness (QED) is 0.812. The van der Waals surface area contributed by atoms with Gasteiger partial charge in [0.25, 0.3) is 0 Å². The molecule has 1 aliphatic rings. The Kier molecular flexibility index (Phi) is 5.42. The van der Waals surface area contributed by atoms with Crippen LogP contribution in [0, 0.1) is 5.95 Å². The first kappa shape index (κ1) is 16.9. The number of aromatic nitrogens is 1. The van der Waals surface area contributed by atoms with Crippen LogP contribution in [0.3, 0.4) is 0 Å². The molecular formula is C17H18BrFN4O. The molecule has 1 N–H and O–H groups in total. The van der Waals surface area contributed by atoms with Gasteiger partial charge in [-0.3, -0.25) is 9.69 Å². The Morgan fingerprint density at radius 1 is 1.17 bits per heavy atom. The van der Waals surface area contributed by atoms with Gasteiger partial charge < -0.3 is 10.2 Å². The van der Waals surface area contributed by atoms with Crippen molar-refractivity contribution >= 4 is 33.2 Å². The van der Waals surface area contributed by atoms with Crippen molar-refractivity contribution in [1.29, 1.82) is 0 Å². The van der Waals surface area contributed by atoms with Crippen molar-refractivity contribution < 1.29 is 9.18 Å². The highest BCUT2D eigenvalue weighted by Gasteiger charge is 2.19. The van der Waals surface area contributed by atoms with Crippen molar-refractivity contribution in [3.8, 4) is 0 Å². The number of benzene rings is 1. The summed E-state index contributed by atoms with van der Waals surface area (Å²) in [5, 5.41) is 2.89. The molecule has 0 radical (unpaired) electrons. The predicted molar refractivity (Wildman–Crippen MR) is 95.6 cm³/mol. The molecule has 1 saturated heterocycles. The van der Waals surface area contributed by atoms with E-state index in [4.69, 9.17) is 0 Å². The minimum absolute atomic E-state index is 0.0271. The average Bonchev–Trinajstić information content (AvgIpc) is 2.58. The van der Waals surface area contributed by atoms with Crippen molar-refractivity contribution in [2.24, 2.45) is 0 Å². The Morgan fingerprint density at radius 2 is 1.88 bits per heavy atom. The number of rotatable bonds is 4. The first-order valence-corrected chi connectivity index (χ1v) is 8.54. The maximum atomic E-state index is 13.2. The van der Waals surface area contributed by atoms with E-state index in [1.165, 1.54) is 12.3 Å². The molecule has 1 fully saturated rings. The van der Waals surface area contributed by atoms with Crippen LogP contribution in [0.2, 0.25) is 0 Å². The summed E-state index contributed by atoms with van der Waals surface area (Å²) in [6, 6.07) is 10.7. The first-order valence-electron chi connectivity index (χ1n) is 7.74. The van der Waals surface area contributed by atoms with Gasteiger partial charge in [0.2, 0.25) is 11.9 Å². The number of amides is 1. The summed E-state index contributed by atoms with van der Waals surface area (Å²) in [5.41, 5.74) is 1.62. The fourth-order valence-corrected chi connectivity index (χ4v) is 2.95. The number of hydrogen-bond donors (Lipinski definition) is 1. The van der Waals surface area contributed by atoms with Crippen LogP contribution in [-0.4, -0.2) is 48.5 Å². The van der Waals surface area contributed by atoms with E-state index in [1.807, 2.05) is 24.3 Å². The average molecular weight is 393 g/mol. The molecule has 2 heterocycles. The van der Waals surface area contributed by atoms with Crippen molar-refractivity contribution in [2.75, 3.05) is 42.9 Å². The van der Waals surface area contributed by atoms with Crippen LogP contribution in [0.25, 0.3) is 0 Å². The monoisotopic (exact) mass is 392 g/mol. The van der Waals surface area contributed by atoms with Crippen LogP contribution >= 0.6 is 15.9 Å². The van der Waals surface area contributed by atoms with Gasteiger partial charge in [0.15, 0.2) is 0 Å². The maximum Gasteiger partial charge on any atom is 0.238 e. The van der Waals surface area contributed by atoms with Gasteiger partial charge in [0.05, 0.1) is 6.54 Å². The molecule has 24 heavy (non-hydrogen) atoms. The zero-order valence-electron chi connectivity index (χ0n) is 13.1. The van der Waals surface area contributed by atoms with Crippen LogP contribution in [0.15, 0.2) is 47.1 Å². The lowest BCUT2D eigenvalue weighted by Gasteiger charge is -2.35. The molecule has 0 saturated carbocycles. The van der Waals surface area contributed by atoms with Crippen molar-refractivity contribution in [3.63, 3.8) is 0 Å². The normalized spacial score (nSPS) is 15.3. The summed E-state index contributed by atoms with van der Waals surface area (Å²) in [7, 11) is 0. The zero-order chi connectivity index (χ0) is 16.9. The van der Waals surface area contributed by atoms with Crippen molar-refractivity contribution in [3.05, 3.63) is 53.0 Å². The SMILES string of the molecule is O=C(CN1CCN(c2ccnc(F)c2)CC1)Nc1ccc(Br)cc1. The highest BCUT2D eigenvalue weighted by atomic mass is 79.9. The minimum Gasteiger partial charge on any atom is -0.369 e. The standard InChI is InChI=1S/C17H18BrFN4O/c18-13-1-3-14(4-2-13)21-17(24)12-22-7-9-23(10-8-22)15-5-6-20-16(19)11-15/h1-6,11H,7-10,12H2,(H,21,24). The van der Waals surface area contributed by atoms with Gasteiger partial charge in [-0.05, 0) is 30.3 Å². The molecule has 5 nitrogen and oxygen atoms in total. The molecule has 2 aromatic rings. The third-order valence-electron chi connectivity index (χ3n) is 3.94. The minimum atomic E-state index is -0.469. The molecule has 0 atom stereocenters. The van der Waals surface area contributed by atoms with Gasteiger partial charge in [-0.25, -0.2) is 4.98 Å². The molecule has 0 aliphatic carbocycles. The summed E-state index contributed by atoms with van der Waals surface area (Å²) in [4.78, 5) is 19.9. The van der Waals surface area contributed by atoms with Crippen LogP contribution < -0.4 is 10.2 Å². The number of hydrogen-bond acceptors (Lipinski definition) is 4. The number of carbonyl (C=O) groups excluding carboxylic acids is 1. The molecule has 1 aliphatic heterocycles. The summed E-state index contributed by atoms with van der Waals surface area (Å²) >= 11 is 3.37. The van der Waals surface area contributed by atoms with Gasteiger partial charge in [0.1, 0.15) is 0 Å². The molecule has 0 unspecified atom stereocenters. The van der Waals surface area contributed by atoms with Gasteiger partial charge in [-0.2, -0.15) is 4.39 Å². The highest BCUT2D eigenvalue weighted by Crippen LogP contribution is 2.17. The second kappa shape index (κ2) is 7.72. The number of halogens is 2. The molecule has 1 aromatic carbocycles. The van der Waals surface area contributed by atoms with Crippen LogP contribution in [0.4, 0.5) is 15.8 Å². The molecule has 0 spiro atoms. The summed E-state index contributed by atoms with van der Waals surface area (Å²) in [6.45, 7) is 3.40. The first-order chi connectivity index (χ1) is 11.6. The van der Waals surface area contributed by atoms with Crippen LogP contribution in [0.1, 0.15) is 0 Å². The van der Waals surface area contributed by atoms with Crippen molar-refractivity contribution in [1.82, 2.24) is 9.88 Å². The molecular weight excluding hydrogens is 375 g/mol. The van der Waals surface area contributed by atoms with E-state index in [-0.39, 0.29) is 5.91 Å². The van der Waals surface area contributed by atoms with E-state index in [9.17, 15) is 9.18 Å². The van der Waals surface area contributed by atoms with Crippen LogP contribution in [-0.2, 0) is 4.79 Å². The lowest BCUT2D eigenvalue weighted by atomic mass is 10.2. The Hall–Kier alpha value is -1.99. The molecule has 3 rings (SSSR count). The van der Waals surface area contributed by atoms with E-state index < -0.39 is 5.95 Å². The number of nitrogens with zero attached hydrogens (tertiary/aromatic N) is 3. The largest absolute Gasteiger partial charge is 0.369 e. The Morgan fingerprint density at radius 3 is 2.54 bits per heavy atom. The number of carbonyl (C=O) groups is 1. The number of piperazine rings is 1. The molecule has 1 amide bonds. The van der Waals surface area contributed by atoms with Gasteiger partial charge >= 0.3 is 0 Å². The van der Waals surface area contributed by atoms with Gasteiger partial charge in [-0.1, -0.05) is 15.9 Å². The van der Waals surface area contributed by atoms with Crippen molar-refractivity contribution in [2.45, 2.75) is 0 Å². The van der Waals surface area contributed by atoms with E-state index in [1.54, 1.807) is 6.07 Å². The third-order valence-corrected chi connectivity index (χ3v) is 4.47. The second-order valence-corrected chi connectivity index (χ2v) is 6.57. The zero-order valence-corrected chi connectivity index (χ0v) is 14.7. The van der Waals surface area contributed by atoms with Gasteiger partial charge in [-0.15, -0.1) is 0 Å². The Balaban J connectivity index is 1.48. The fourth-order valence-electron chi connectivity index (χ4n) is 2.69. The lowest BCUT2D eigenvalue weighted by Crippen LogP contribution is -2.48. The number of anilines is 2. The van der Waals surface area contributed by atoms with E-state index >= 15 is 0 Å². The highest BCUT2D eigenvalue weighted by molar-refractivity contribution is 9.10. The van der Waals surface area contributed by atoms with E-state index in [0.29, 0.717) is 6.54 Å². The Labute approximate surface area is 148 Å². The number of nitrogens with one attached hydrogen (secondary N) is 1. The topological polar surface area (TPSA) is 48.5 Å². The number of pyridine rings is 1. The molecule has 0 bridgehead atoms. The van der Waals surface area contributed by atoms with Crippen LogP contribution in [0.5, 0.6) is 0 Å². The molecule has 1 aromatic heterocycles. The van der Waals surface area contributed by atoms with E-state index in [0.717, 1.165) is 42.0 Å². The Bertz CT molecular complexity index is 702. The molecule has 7 heteroatoms. The summed E-state index contributed by atoms with van der Waals surface area (Å²) in [6.07, 6.45) is 1.47. The third kappa shape index (κ3) is 4.52. The predicted octanol–water partition coefficient (Wildman–Crippen LogP) is 2.74. The maximum absolute atomic E-state index is 13.2. The van der Waals surface area contributed by atoms with Gasteiger partial charge in [0, 0.05) is 54.3 Å². The smallest absolute Gasteiger partial charge is 0.238 e. The lowest BCUT2D eigenvalue weighted by molar-refractivity contribution is -0.117. The second-order valence-electron chi connectivity index (χ2n) is 5.66. The summed E-state index contributed by atoms with van der Waals surface area (Å²) < 4.78 is 14.2.